The first-order valence-electron chi connectivity index (χ1n) is 23.4. The number of pyridine rings is 2. The largest absolute Gasteiger partial charge is 0.469 e. The minimum Gasteiger partial charge on any atom is -0.469 e. The number of aromatic nitrogens is 2. The Labute approximate surface area is 401 Å². The van der Waals surface area contributed by atoms with Crippen LogP contribution in [0.5, 0.6) is 0 Å². The van der Waals surface area contributed by atoms with Gasteiger partial charge in [-0.1, -0.05) is 161 Å². The molecule has 0 amide bonds. The minimum absolute atomic E-state index is 0. The van der Waals surface area contributed by atoms with E-state index in [1.807, 2.05) is 59.3 Å². The van der Waals surface area contributed by atoms with Gasteiger partial charge in [-0.25, -0.2) is 4.39 Å². The van der Waals surface area contributed by atoms with Crippen LogP contribution >= 0.6 is 0 Å². The van der Waals surface area contributed by atoms with E-state index in [-0.39, 0.29) is 31.3 Å². The summed E-state index contributed by atoms with van der Waals surface area (Å²) in [5.41, 5.74) is 12.1. The second kappa shape index (κ2) is 18.6. The Balaban J connectivity index is 0.000000180. The molecule has 0 bridgehead atoms. The van der Waals surface area contributed by atoms with Gasteiger partial charge in [0, 0.05) is 39.6 Å². The SMILES string of the molecule is [CH2-]c1cc2oc3cc(-c4ccccc4)cc(F)c3c2cc1-c1cc(C(C)(C)C2CCCC2)cc[n+]1[CH2-].[CH2-]c1ccc2ccccc2c1-c1cc(CC2CCCC2)c([Si](C)(C)C)c[n+]1[CH2-].[Ir]. The maximum atomic E-state index is 15.5. The van der Waals surface area contributed by atoms with E-state index >= 15 is 4.39 Å². The Bertz CT molecular complexity index is 3010. The number of furan rings is 1. The molecule has 3 heterocycles. The predicted molar refractivity (Wildman–Crippen MR) is 268 cm³/mol. The van der Waals surface area contributed by atoms with Crippen molar-refractivity contribution < 1.29 is 38.0 Å². The van der Waals surface area contributed by atoms with E-state index in [1.165, 1.54) is 85.4 Å². The molecule has 0 aliphatic heterocycles. The fourth-order valence-electron chi connectivity index (χ4n) is 10.9. The molecule has 2 fully saturated rings. The number of rotatable bonds is 8. The Morgan fingerprint density at radius 3 is 2.11 bits per heavy atom. The molecular weight excluding hydrogens is 992 g/mol. The van der Waals surface area contributed by atoms with Gasteiger partial charge in [0.15, 0.2) is 0 Å². The Morgan fingerprint density at radius 1 is 0.692 bits per heavy atom. The molecule has 2 aliphatic rings. The average molecular weight is 1060 g/mol. The van der Waals surface area contributed by atoms with E-state index in [2.05, 4.69) is 127 Å². The third-order valence-electron chi connectivity index (χ3n) is 14.6. The molecule has 2 aliphatic carbocycles. The maximum Gasteiger partial charge on any atom is 0.137 e. The number of hydrogen-bond donors (Lipinski definition) is 0. The third kappa shape index (κ3) is 9.15. The fraction of sp³-hybridized carbons (Fsp3) is 0.288. The Hall–Kier alpha value is -5.26. The molecular formula is C59H63FIrN2OSi-2. The van der Waals surface area contributed by atoms with Crippen LogP contribution in [0.1, 0.15) is 87.5 Å². The van der Waals surface area contributed by atoms with Crippen LogP contribution < -0.4 is 14.3 Å². The van der Waals surface area contributed by atoms with Crippen molar-refractivity contribution in [1.82, 2.24) is 0 Å². The summed E-state index contributed by atoms with van der Waals surface area (Å²) in [5, 5.41) is 5.34. The zero-order valence-corrected chi connectivity index (χ0v) is 42.3. The average Bonchev–Trinajstić information content (AvgIpc) is 4.07. The number of benzene rings is 5. The van der Waals surface area contributed by atoms with Crippen molar-refractivity contribution >= 4 is 46.0 Å². The van der Waals surface area contributed by atoms with Gasteiger partial charge >= 0.3 is 0 Å². The van der Waals surface area contributed by atoms with Crippen LogP contribution in [-0.4, -0.2) is 8.07 Å². The smallest absolute Gasteiger partial charge is 0.137 e. The van der Waals surface area contributed by atoms with Gasteiger partial charge in [0.25, 0.3) is 0 Å². The van der Waals surface area contributed by atoms with E-state index in [1.54, 1.807) is 16.8 Å². The van der Waals surface area contributed by atoms with E-state index in [0.29, 0.717) is 22.5 Å². The van der Waals surface area contributed by atoms with Crippen molar-refractivity contribution in [3.05, 3.63) is 178 Å². The molecule has 0 spiro atoms. The van der Waals surface area contributed by atoms with Crippen molar-refractivity contribution in [2.75, 3.05) is 0 Å². The second-order valence-corrected chi connectivity index (χ2v) is 25.3. The van der Waals surface area contributed by atoms with Crippen LogP contribution in [0.4, 0.5) is 4.39 Å². The molecule has 2 saturated carbocycles. The van der Waals surface area contributed by atoms with Gasteiger partial charge < -0.3 is 13.6 Å². The van der Waals surface area contributed by atoms with Crippen LogP contribution in [0.3, 0.4) is 0 Å². The van der Waals surface area contributed by atoms with E-state index in [9.17, 15) is 0 Å². The summed E-state index contributed by atoms with van der Waals surface area (Å²) in [7, 11) is 7.20. The van der Waals surface area contributed by atoms with Crippen LogP contribution in [0, 0.1) is 45.6 Å². The quantitative estimate of drug-likeness (QED) is 0.0844. The Morgan fingerprint density at radius 2 is 1.38 bits per heavy atom. The summed E-state index contributed by atoms with van der Waals surface area (Å²) >= 11 is 0. The van der Waals surface area contributed by atoms with Gasteiger partial charge in [-0.15, -0.1) is 29.3 Å². The van der Waals surface area contributed by atoms with Gasteiger partial charge in [0.1, 0.15) is 11.4 Å². The summed E-state index contributed by atoms with van der Waals surface area (Å²) in [5.74, 6) is 1.24. The van der Waals surface area contributed by atoms with Crippen LogP contribution in [0.2, 0.25) is 19.6 Å². The summed E-state index contributed by atoms with van der Waals surface area (Å²) < 4.78 is 25.6. The first-order chi connectivity index (χ1) is 30.7. The second-order valence-electron chi connectivity index (χ2n) is 20.3. The zero-order valence-electron chi connectivity index (χ0n) is 38.9. The van der Waals surface area contributed by atoms with Crippen molar-refractivity contribution in [1.29, 1.82) is 0 Å². The molecule has 65 heavy (non-hydrogen) atoms. The van der Waals surface area contributed by atoms with Gasteiger partial charge in [-0.05, 0) is 70.3 Å². The summed E-state index contributed by atoms with van der Waals surface area (Å²) in [6.45, 7) is 20.7. The summed E-state index contributed by atoms with van der Waals surface area (Å²) in [4.78, 5) is 0. The van der Waals surface area contributed by atoms with Crippen LogP contribution in [0.15, 0.2) is 126 Å². The molecule has 10 rings (SSSR count). The molecule has 0 unspecified atom stereocenters. The van der Waals surface area contributed by atoms with E-state index in [4.69, 9.17) is 4.42 Å². The van der Waals surface area contributed by atoms with Crippen molar-refractivity contribution in [3.63, 3.8) is 0 Å². The van der Waals surface area contributed by atoms with Crippen LogP contribution in [0.25, 0.3) is 66.4 Å². The molecule has 5 aromatic carbocycles. The van der Waals surface area contributed by atoms with Gasteiger partial charge in [-0.3, -0.25) is 0 Å². The van der Waals surface area contributed by atoms with Gasteiger partial charge in [0.05, 0.1) is 42.8 Å². The summed E-state index contributed by atoms with van der Waals surface area (Å²) in [6, 6.07) is 37.0. The van der Waals surface area contributed by atoms with Gasteiger partial charge in [-0.2, -0.15) is 31.0 Å². The molecule has 8 aromatic rings. The van der Waals surface area contributed by atoms with Gasteiger partial charge in [0.2, 0.25) is 0 Å². The maximum absolute atomic E-state index is 15.5. The molecule has 6 heteroatoms. The molecule has 0 atom stereocenters. The molecule has 3 nitrogen and oxygen atoms in total. The fourth-order valence-corrected chi connectivity index (χ4v) is 12.5. The number of halogens is 1. The van der Waals surface area contributed by atoms with Crippen LogP contribution in [-0.2, 0) is 31.9 Å². The number of fused-ring (bicyclic) bond motifs is 4. The van der Waals surface area contributed by atoms with Crippen molar-refractivity contribution in [2.45, 2.75) is 96.7 Å². The number of nitrogens with zero attached hydrogens (tertiary/aromatic N) is 2. The Kier molecular flexibility index (Phi) is 13.2. The van der Waals surface area contributed by atoms with Crippen molar-refractivity contribution in [3.8, 4) is 33.6 Å². The first-order valence-corrected chi connectivity index (χ1v) is 26.9. The normalized spacial score (nSPS) is 14.8. The summed E-state index contributed by atoms with van der Waals surface area (Å²) in [6.07, 6.45) is 16.3. The zero-order chi connectivity index (χ0) is 44.9. The molecule has 3 aromatic heterocycles. The van der Waals surface area contributed by atoms with E-state index < -0.39 is 8.07 Å². The molecule has 0 saturated heterocycles. The predicted octanol–water partition coefficient (Wildman–Crippen LogP) is 14.5. The monoisotopic (exact) mass is 1060 g/mol. The van der Waals surface area contributed by atoms with Crippen molar-refractivity contribution in [2.24, 2.45) is 11.8 Å². The number of hydrogen-bond acceptors (Lipinski definition) is 1. The molecule has 337 valence electrons. The standard InChI is InChI=1S/C33H31FNO.C26H32NSi.Ir/c1-21-16-30-27(32-28(34)17-23(18-31(32)36-30)22-10-6-5-7-11-22)20-26(21)29-19-25(14-15-35(29)4)33(2,3)24-12-8-9-13-24;1-19-14-15-21-12-8-9-13-23(21)26(19)24-17-22(16-20-10-6-7-11-20)25(18-27(24)2)28(3,4)5;/h5-7,10-11,14-20,24H,1,4,8-9,12-13H2,2-3H3;8-9,12-15,17-18,20H,1-2,6-7,10-11,16H2,3-5H3;/q2*-1;. The van der Waals surface area contributed by atoms with E-state index in [0.717, 1.165) is 44.8 Å². The topological polar surface area (TPSA) is 20.9 Å². The molecule has 1 radical (unpaired) electrons. The minimum atomic E-state index is -1.45. The third-order valence-corrected chi connectivity index (χ3v) is 16.7. The first kappa shape index (κ1) is 46.3. The molecule has 0 N–H and O–H groups in total.